The van der Waals surface area contributed by atoms with Gasteiger partial charge in [0.25, 0.3) is 0 Å². The maximum atomic E-state index is 12.8. The van der Waals surface area contributed by atoms with Crippen LogP contribution >= 0.6 is 7.82 Å². The van der Waals surface area contributed by atoms with Crippen molar-refractivity contribution in [1.82, 2.24) is 0 Å². The van der Waals surface area contributed by atoms with Gasteiger partial charge in [-0.05, 0) is 70.6 Å². The third-order valence-corrected chi connectivity index (χ3v) is 10.8. The minimum Gasteiger partial charge on any atom is -0.457 e. The largest absolute Gasteiger partial charge is 0.472 e. The fourth-order valence-electron chi connectivity index (χ4n) is 6.22. The quantitative estimate of drug-likeness (QED) is 0.0152. The minimum absolute atomic E-state index is 0.0522. The Morgan fingerprint density at radius 3 is 1.50 bits per heavy atom. The molecule has 13 heteroatoms. The van der Waals surface area contributed by atoms with E-state index in [1.165, 1.54) is 51.4 Å². The van der Waals surface area contributed by atoms with Crippen LogP contribution in [0.2, 0.25) is 0 Å². The first-order chi connectivity index (χ1) is 29.0. The number of hydrogen-bond acceptors (Lipinski definition) is 11. The summed E-state index contributed by atoms with van der Waals surface area (Å²) in [5, 5.41) is 50.1. The Balaban J connectivity index is 2.47. The molecule has 6 atom stereocenters. The summed E-state index contributed by atoms with van der Waals surface area (Å²) in [5.41, 5.74) is 0. The number of esters is 1. The van der Waals surface area contributed by atoms with E-state index in [0.29, 0.717) is 13.0 Å². The summed E-state index contributed by atoms with van der Waals surface area (Å²) < 4.78 is 34.0. The lowest BCUT2D eigenvalue weighted by atomic mass is 9.85. The number of phosphoric acid groups is 1. The zero-order chi connectivity index (χ0) is 44.1. The molecule has 0 spiro atoms. The highest BCUT2D eigenvalue weighted by molar-refractivity contribution is 7.47. The van der Waals surface area contributed by atoms with Crippen LogP contribution in [0.1, 0.15) is 142 Å². The summed E-state index contributed by atoms with van der Waals surface area (Å²) >= 11 is 0. The lowest BCUT2D eigenvalue weighted by Crippen LogP contribution is -2.64. The van der Waals surface area contributed by atoms with Gasteiger partial charge in [0, 0.05) is 6.61 Å². The van der Waals surface area contributed by atoms with Crippen LogP contribution in [0.4, 0.5) is 0 Å². The smallest absolute Gasteiger partial charge is 0.457 e. The first-order valence-electron chi connectivity index (χ1n) is 22.4. The van der Waals surface area contributed by atoms with E-state index in [2.05, 4.69) is 74.6 Å². The molecule has 1 saturated carbocycles. The summed E-state index contributed by atoms with van der Waals surface area (Å²) in [7, 11) is -5.05. The third kappa shape index (κ3) is 28.9. The van der Waals surface area contributed by atoms with Gasteiger partial charge in [0.05, 0.1) is 19.6 Å². The third-order valence-electron chi connectivity index (χ3n) is 9.78. The highest BCUT2D eigenvalue weighted by Gasteiger charge is 2.51. The van der Waals surface area contributed by atoms with Crippen molar-refractivity contribution in [3.05, 3.63) is 85.1 Å². The molecule has 6 N–H and O–H groups in total. The van der Waals surface area contributed by atoms with Crippen LogP contribution in [0.5, 0.6) is 0 Å². The molecule has 0 radical (unpaired) electrons. The van der Waals surface area contributed by atoms with Gasteiger partial charge in [-0.3, -0.25) is 13.8 Å². The lowest BCUT2D eigenvalue weighted by molar-refractivity contribution is -0.220. The number of rotatable bonds is 36. The predicted molar refractivity (Wildman–Crippen MR) is 239 cm³/mol. The van der Waals surface area contributed by atoms with Gasteiger partial charge >= 0.3 is 13.8 Å². The number of ether oxygens (including phenoxy) is 2. The summed E-state index contributed by atoms with van der Waals surface area (Å²) in [6.07, 6.45) is 36.8. The van der Waals surface area contributed by atoms with Crippen LogP contribution in [0.15, 0.2) is 85.1 Å². The molecule has 0 heterocycles. The Kier molecular flexibility index (Phi) is 34.3. The topological polar surface area (TPSA) is 192 Å². The number of hydrogen-bond donors (Lipinski definition) is 6. The molecule has 1 rings (SSSR count). The van der Waals surface area contributed by atoms with E-state index in [1.54, 1.807) is 6.08 Å². The summed E-state index contributed by atoms with van der Waals surface area (Å²) in [4.78, 5) is 23.1. The van der Waals surface area contributed by atoms with Gasteiger partial charge in [-0.25, -0.2) is 4.57 Å². The molecular formula is C47H79O12P. The second kappa shape index (κ2) is 37.1. The Hall–Kier alpha value is -2.48. The zero-order valence-electron chi connectivity index (χ0n) is 36.5. The van der Waals surface area contributed by atoms with Crippen molar-refractivity contribution in [2.24, 2.45) is 0 Å². The molecule has 0 aromatic carbocycles. The highest BCUT2D eigenvalue weighted by Crippen LogP contribution is 2.47. The average Bonchev–Trinajstić information content (AvgIpc) is 3.23. The van der Waals surface area contributed by atoms with Crippen molar-refractivity contribution < 1.29 is 58.3 Å². The monoisotopic (exact) mass is 867 g/mol. The van der Waals surface area contributed by atoms with E-state index in [0.717, 1.165) is 64.2 Å². The van der Waals surface area contributed by atoms with Crippen LogP contribution in [0.3, 0.4) is 0 Å². The molecule has 12 nitrogen and oxygen atoms in total. The van der Waals surface area contributed by atoms with Crippen LogP contribution in [-0.4, -0.2) is 98.9 Å². The molecule has 0 saturated heterocycles. The Morgan fingerprint density at radius 1 is 0.550 bits per heavy atom. The predicted octanol–water partition coefficient (Wildman–Crippen LogP) is 8.97. The number of carbonyl (C=O) groups is 1. The van der Waals surface area contributed by atoms with Crippen molar-refractivity contribution in [1.29, 1.82) is 0 Å². The van der Waals surface area contributed by atoms with E-state index in [1.807, 2.05) is 18.2 Å². The number of carbonyl (C=O) groups excluding carboxylic acids is 1. The number of aliphatic hydroxyl groups is 5. The maximum absolute atomic E-state index is 12.8. The normalized spacial score (nSPS) is 23.1. The molecule has 0 aromatic heterocycles. The van der Waals surface area contributed by atoms with E-state index in [4.69, 9.17) is 18.5 Å². The molecule has 0 amide bonds. The van der Waals surface area contributed by atoms with Crippen molar-refractivity contribution in [2.45, 2.75) is 185 Å². The molecular weight excluding hydrogens is 787 g/mol. The standard InChI is InChI=1S/C47H79O12P/c1-3-5-7-9-11-13-15-17-19-20-21-23-25-27-29-31-33-35-37-56-38-40(39-57-60(54,55)59-47-45(52)43(50)42(49)44(51)46(47)53)58-41(48)36-34-32-30-28-26-24-22-18-16-14-12-10-8-6-4-2/h6,8,11-14,17-19,22,26,28,32,34,40,42-47,49-53H,3-5,7,9-10,15-16,20-21,23-25,27,29-31,33,35-39H2,1-2H3,(H,54,55)/b8-6-,13-11-,14-12-,19-17-,22-18-,28-26-,34-32-. The molecule has 6 unspecified atom stereocenters. The fourth-order valence-corrected chi connectivity index (χ4v) is 7.20. The van der Waals surface area contributed by atoms with Gasteiger partial charge in [-0.1, -0.05) is 150 Å². The lowest BCUT2D eigenvalue weighted by Gasteiger charge is -2.41. The number of allylic oxidation sites excluding steroid dienone is 13. The van der Waals surface area contributed by atoms with Crippen molar-refractivity contribution in [3.8, 4) is 0 Å². The molecule has 1 fully saturated rings. The molecule has 60 heavy (non-hydrogen) atoms. The van der Waals surface area contributed by atoms with Crippen LogP contribution < -0.4 is 0 Å². The fraction of sp³-hybridized carbons (Fsp3) is 0.681. The number of unbranched alkanes of at least 4 members (excludes halogenated alkanes) is 11. The van der Waals surface area contributed by atoms with Crippen molar-refractivity contribution >= 4 is 13.8 Å². The number of phosphoric ester groups is 1. The molecule has 0 aromatic rings. The van der Waals surface area contributed by atoms with Gasteiger partial charge in [0.15, 0.2) is 0 Å². The molecule has 0 bridgehead atoms. The second-order valence-electron chi connectivity index (χ2n) is 15.2. The van der Waals surface area contributed by atoms with Gasteiger partial charge in [0.1, 0.15) is 42.7 Å². The SMILES string of the molecule is CC/C=C\C/C=C\C/C=C\C/C=C\C/C=C\CC(=O)OC(COCCCCCCCCCC/C=C\C/C=C\CCCCC)COP(=O)(O)OC1C(O)C(O)C(O)C(O)C1O. The van der Waals surface area contributed by atoms with Gasteiger partial charge in [-0.15, -0.1) is 0 Å². The Bertz CT molecular complexity index is 1310. The highest BCUT2D eigenvalue weighted by atomic mass is 31.2. The van der Waals surface area contributed by atoms with Crippen molar-refractivity contribution in [3.63, 3.8) is 0 Å². The van der Waals surface area contributed by atoms with Crippen LogP contribution in [0, 0.1) is 0 Å². The zero-order valence-corrected chi connectivity index (χ0v) is 37.4. The Morgan fingerprint density at radius 2 is 0.983 bits per heavy atom. The Labute approximate surface area is 361 Å². The van der Waals surface area contributed by atoms with E-state index in [-0.39, 0.29) is 13.0 Å². The van der Waals surface area contributed by atoms with E-state index < -0.39 is 63.1 Å². The molecule has 1 aliphatic carbocycles. The van der Waals surface area contributed by atoms with Crippen molar-refractivity contribution in [2.75, 3.05) is 19.8 Å². The number of aliphatic hydroxyl groups excluding tert-OH is 5. The summed E-state index contributed by atoms with van der Waals surface area (Å²) in [5.74, 6) is -0.609. The molecule has 1 aliphatic rings. The molecule has 0 aliphatic heterocycles. The summed E-state index contributed by atoms with van der Waals surface area (Å²) in [6.45, 7) is 3.98. The van der Waals surface area contributed by atoms with Gasteiger partial charge < -0.3 is 39.9 Å². The first kappa shape index (κ1) is 55.5. The second-order valence-corrected chi connectivity index (χ2v) is 16.6. The maximum Gasteiger partial charge on any atom is 0.472 e. The molecule has 344 valence electrons. The first-order valence-corrected chi connectivity index (χ1v) is 23.9. The van der Waals surface area contributed by atoms with E-state index in [9.17, 15) is 39.8 Å². The van der Waals surface area contributed by atoms with Crippen LogP contribution in [0.25, 0.3) is 0 Å². The average molecular weight is 867 g/mol. The van der Waals surface area contributed by atoms with Gasteiger partial charge in [-0.2, -0.15) is 0 Å². The van der Waals surface area contributed by atoms with Gasteiger partial charge in [0.2, 0.25) is 0 Å². The van der Waals surface area contributed by atoms with E-state index >= 15 is 0 Å². The summed E-state index contributed by atoms with van der Waals surface area (Å²) in [6, 6.07) is 0. The minimum atomic E-state index is -5.05. The van der Waals surface area contributed by atoms with Crippen LogP contribution in [-0.2, 0) is 27.9 Å².